The molecular formula is C47H47F2N7O9S. The molecule has 1 aromatic heterocycles. The summed E-state index contributed by atoms with van der Waals surface area (Å²) in [5, 5.41) is 10.1. The summed E-state index contributed by atoms with van der Waals surface area (Å²) in [5.74, 6) is -3.94. The van der Waals surface area contributed by atoms with Crippen molar-refractivity contribution in [2.45, 2.75) is 62.6 Å². The van der Waals surface area contributed by atoms with Crippen molar-refractivity contribution in [1.29, 1.82) is 0 Å². The van der Waals surface area contributed by atoms with Gasteiger partial charge in [0.2, 0.25) is 15.9 Å². The first kappa shape index (κ1) is 44.5. The van der Waals surface area contributed by atoms with Gasteiger partial charge in [0.05, 0.1) is 47.2 Å². The molecular weight excluding hydrogens is 877 g/mol. The Labute approximate surface area is 379 Å². The maximum absolute atomic E-state index is 14.6. The number of ether oxygens (including phenoxy) is 3. The maximum atomic E-state index is 14.6. The summed E-state index contributed by atoms with van der Waals surface area (Å²) in [5.41, 5.74) is 3.72. The molecule has 2 saturated heterocycles. The molecule has 66 heavy (non-hydrogen) atoms. The van der Waals surface area contributed by atoms with E-state index in [1.54, 1.807) is 19.1 Å². The Hall–Kier alpha value is -6.70. The predicted octanol–water partition coefficient (Wildman–Crippen LogP) is 7.05. The van der Waals surface area contributed by atoms with Crippen molar-refractivity contribution in [3.05, 3.63) is 125 Å². The van der Waals surface area contributed by atoms with Gasteiger partial charge in [0.25, 0.3) is 5.91 Å². The number of fused-ring (bicyclic) bond motifs is 4. The highest BCUT2D eigenvalue weighted by atomic mass is 32.2. The van der Waals surface area contributed by atoms with Crippen molar-refractivity contribution >= 4 is 51.2 Å². The molecule has 19 heteroatoms. The Morgan fingerprint density at radius 2 is 1.52 bits per heavy atom. The molecule has 1 unspecified atom stereocenters. The third-order valence-corrected chi connectivity index (χ3v) is 14.6. The van der Waals surface area contributed by atoms with E-state index in [4.69, 9.17) is 14.2 Å². The second-order valence-electron chi connectivity index (χ2n) is 16.9. The summed E-state index contributed by atoms with van der Waals surface area (Å²) in [4.78, 5) is 58.8. The first-order chi connectivity index (χ1) is 31.7. The molecule has 1 atom stereocenters. The summed E-state index contributed by atoms with van der Waals surface area (Å²) < 4.78 is 75.0. The van der Waals surface area contributed by atoms with Crippen LogP contribution >= 0.6 is 0 Å². The number of halogens is 2. The number of benzene rings is 4. The highest BCUT2D eigenvalue weighted by Crippen LogP contribution is 2.46. The molecule has 4 aliphatic rings. The number of hydrogen-bond donors (Lipinski definition) is 2. The summed E-state index contributed by atoms with van der Waals surface area (Å²) in [6, 6.07) is 21.9. The number of sulfonamides is 1. The van der Waals surface area contributed by atoms with Gasteiger partial charge in [-0.15, -0.1) is 4.68 Å². The molecule has 3 amide bonds. The Balaban J connectivity index is 0.992. The lowest BCUT2D eigenvalue weighted by atomic mass is 9.98. The van der Waals surface area contributed by atoms with Crippen molar-refractivity contribution in [3.63, 3.8) is 0 Å². The summed E-state index contributed by atoms with van der Waals surface area (Å²) >= 11 is 0. The van der Waals surface area contributed by atoms with E-state index in [1.165, 1.54) is 24.8 Å². The standard InChI is InChI=1S/C47H47F2N7O9S/c1-4-64-46(60)56-42(37-26-55(47(2,3)41(37)52-56)66(61,62)31-23-28(48)22-29(49)24-31)51-43(57)36-16-15-30(53-18-20-63-21-19-53)25-39(36)50-44(58)40-14-9-17-54(40)45(59)65-27-38-34-12-7-5-10-32(34)33-11-6-8-13-35(33)38/h5-8,10-13,15-16,22-25,38,40H,4,9,14,17-21,26-27H2,1-3H3,(H,50,58)(H,51,57). The normalized spacial score (nSPS) is 17.8. The number of nitrogens with zero attached hydrogens (tertiary/aromatic N) is 5. The fourth-order valence-corrected chi connectivity index (χ4v) is 11.1. The number of aromatic nitrogens is 2. The number of rotatable bonds is 10. The van der Waals surface area contributed by atoms with Gasteiger partial charge in [-0.25, -0.2) is 26.8 Å². The van der Waals surface area contributed by atoms with Crippen molar-refractivity contribution in [3.8, 4) is 11.1 Å². The van der Waals surface area contributed by atoms with Gasteiger partial charge < -0.3 is 29.7 Å². The fourth-order valence-electron chi connectivity index (χ4n) is 9.36. The van der Waals surface area contributed by atoms with Gasteiger partial charge in [0, 0.05) is 49.4 Å². The topological polar surface area (TPSA) is 182 Å². The Morgan fingerprint density at radius 3 is 2.18 bits per heavy atom. The first-order valence-electron chi connectivity index (χ1n) is 21.7. The predicted molar refractivity (Wildman–Crippen MR) is 238 cm³/mol. The largest absolute Gasteiger partial charge is 0.448 e. The van der Waals surface area contributed by atoms with E-state index in [2.05, 4.69) is 15.7 Å². The van der Waals surface area contributed by atoms with Crippen molar-refractivity contribution in [1.82, 2.24) is 19.0 Å². The molecule has 9 rings (SSSR count). The minimum atomic E-state index is -4.58. The Kier molecular flexibility index (Phi) is 11.9. The van der Waals surface area contributed by atoms with Gasteiger partial charge in [-0.2, -0.15) is 9.40 Å². The number of carbonyl (C=O) groups excluding carboxylic acids is 4. The van der Waals surface area contributed by atoms with Crippen LogP contribution in [0.2, 0.25) is 0 Å². The van der Waals surface area contributed by atoms with E-state index < -0.39 is 68.7 Å². The molecule has 2 fully saturated rings. The highest BCUT2D eigenvalue weighted by molar-refractivity contribution is 7.89. The molecule has 0 radical (unpaired) electrons. The van der Waals surface area contributed by atoms with Crippen LogP contribution < -0.4 is 15.5 Å². The minimum Gasteiger partial charge on any atom is -0.448 e. The second-order valence-corrected chi connectivity index (χ2v) is 18.8. The van der Waals surface area contributed by atoms with E-state index in [9.17, 15) is 36.4 Å². The molecule has 0 saturated carbocycles. The molecule has 1 aliphatic carbocycles. The Bertz CT molecular complexity index is 2820. The molecule has 4 heterocycles. The number of carbonyl (C=O) groups is 4. The van der Waals surface area contributed by atoms with Crippen LogP contribution in [-0.4, -0.2) is 104 Å². The van der Waals surface area contributed by atoms with Gasteiger partial charge in [-0.1, -0.05) is 48.5 Å². The molecule has 0 spiro atoms. The smallest absolute Gasteiger partial charge is 0.436 e. The van der Waals surface area contributed by atoms with Crippen LogP contribution in [-0.2, 0) is 41.1 Å². The zero-order valence-electron chi connectivity index (χ0n) is 36.4. The number of anilines is 3. The van der Waals surface area contributed by atoms with Crippen LogP contribution in [0.25, 0.3) is 11.1 Å². The molecule has 5 aromatic rings. The molecule has 0 bridgehead atoms. The van der Waals surface area contributed by atoms with Gasteiger partial charge in [-0.3, -0.25) is 14.5 Å². The number of likely N-dealkylation sites (tertiary alicyclic amines) is 1. The van der Waals surface area contributed by atoms with E-state index in [-0.39, 0.29) is 54.0 Å². The quantitative estimate of drug-likeness (QED) is 0.147. The van der Waals surface area contributed by atoms with Gasteiger partial charge in [-0.05, 0) is 86.2 Å². The second kappa shape index (κ2) is 17.6. The number of amides is 3. The Morgan fingerprint density at radius 1 is 0.848 bits per heavy atom. The van der Waals surface area contributed by atoms with Gasteiger partial charge in [0.1, 0.15) is 30.1 Å². The van der Waals surface area contributed by atoms with Crippen LogP contribution in [0.15, 0.2) is 89.8 Å². The van der Waals surface area contributed by atoms with E-state index in [0.29, 0.717) is 63.0 Å². The monoisotopic (exact) mass is 923 g/mol. The van der Waals surface area contributed by atoms with E-state index in [1.807, 2.05) is 53.4 Å². The lowest BCUT2D eigenvalue weighted by molar-refractivity contribution is -0.120. The molecule has 4 aromatic carbocycles. The molecule has 344 valence electrons. The number of morpholine rings is 1. The lowest BCUT2D eigenvalue weighted by Gasteiger charge is -2.30. The third-order valence-electron chi connectivity index (χ3n) is 12.6. The number of hydrogen-bond acceptors (Lipinski definition) is 11. The van der Waals surface area contributed by atoms with Crippen LogP contribution in [0, 0.1) is 11.6 Å². The van der Waals surface area contributed by atoms with Gasteiger partial charge in [0.15, 0.2) is 0 Å². The number of nitrogens with one attached hydrogen (secondary N) is 2. The average Bonchev–Trinajstić information content (AvgIpc) is 4.07. The molecule has 3 aliphatic heterocycles. The summed E-state index contributed by atoms with van der Waals surface area (Å²) in [6.45, 7) is 6.43. The van der Waals surface area contributed by atoms with Crippen LogP contribution in [0.3, 0.4) is 0 Å². The molecule has 16 nitrogen and oxygen atoms in total. The first-order valence-corrected chi connectivity index (χ1v) is 23.1. The summed E-state index contributed by atoms with van der Waals surface area (Å²) in [6.07, 6.45) is -0.741. The van der Waals surface area contributed by atoms with E-state index in [0.717, 1.165) is 31.2 Å². The SMILES string of the molecule is CCOC(=O)n1nc2c(c1NC(=O)c1ccc(N3CCOCC3)cc1NC(=O)C1CCCN1C(=O)OCC1c3ccccc3-c3ccccc31)CN(S(=O)(=O)c1cc(F)cc(F)c1)C2(C)C. The third kappa shape index (κ3) is 8.04. The lowest BCUT2D eigenvalue weighted by Crippen LogP contribution is -2.44. The van der Waals surface area contributed by atoms with E-state index >= 15 is 0 Å². The van der Waals surface area contributed by atoms with Crippen molar-refractivity contribution < 1.29 is 50.6 Å². The van der Waals surface area contributed by atoms with Crippen LogP contribution in [0.1, 0.15) is 72.3 Å². The maximum Gasteiger partial charge on any atom is 0.436 e. The minimum absolute atomic E-state index is 0.0339. The zero-order valence-corrected chi connectivity index (χ0v) is 37.2. The highest BCUT2D eigenvalue weighted by Gasteiger charge is 2.50. The van der Waals surface area contributed by atoms with Crippen molar-refractivity contribution in [2.24, 2.45) is 0 Å². The zero-order chi connectivity index (χ0) is 46.5. The van der Waals surface area contributed by atoms with Crippen LogP contribution in [0.4, 0.5) is 35.6 Å². The van der Waals surface area contributed by atoms with Crippen LogP contribution in [0.5, 0.6) is 0 Å². The summed E-state index contributed by atoms with van der Waals surface area (Å²) in [7, 11) is -4.58. The average molecular weight is 924 g/mol. The van der Waals surface area contributed by atoms with Crippen molar-refractivity contribution in [2.75, 3.05) is 61.6 Å². The van der Waals surface area contributed by atoms with Gasteiger partial charge >= 0.3 is 12.2 Å². The molecule has 2 N–H and O–H groups in total. The fraction of sp³-hybridized carbons (Fsp3) is 0.340.